The van der Waals surface area contributed by atoms with Crippen molar-refractivity contribution in [2.24, 2.45) is 0 Å². The first kappa shape index (κ1) is 10.6. The van der Waals surface area contributed by atoms with E-state index in [9.17, 15) is 0 Å². The second kappa shape index (κ2) is 4.77. The smallest absolute Gasteiger partial charge is 0.0922 e. The highest BCUT2D eigenvalue weighted by Gasteiger charge is 2.28. The van der Waals surface area contributed by atoms with Crippen molar-refractivity contribution in [3.8, 4) is 0 Å². The van der Waals surface area contributed by atoms with E-state index in [0.717, 1.165) is 24.8 Å². The Morgan fingerprint density at radius 1 is 1.67 bits per heavy atom. The van der Waals surface area contributed by atoms with Gasteiger partial charge in [0.25, 0.3) is 0 Å². The molecule has 4 nitrogen and oxygen atoms in total. The van der Waals surface area contributed by atoms with Gasteiger partial charge in [-0.1, -0.05) is 0 Å². The molecule has 1 heterocycles. The van der Waals surface area contributed by atoms with Crippen molar-refractivity contribution in [3.05, 3.63) is 18.2 Å². The molecule has 1 unspecified atom stereocenters. The highest BCUT2D eigenvalue weighted by molar-refractivity contribution is 4.93. The van der Waals surface area contributed by atoms with E-state index >= 15 is 0 Å². The van der Waals surface area contributed by atoms with Crippen LogP contribution in [0.4, 0.5) is 0 Å². The molecule has 1 atom stereocenters. The van der Waals surface area contributed by atoms with E-state index in [2.05, 4.69) is 34.2 Å². The second-order valence-electron chi connectivity index (χ2n) is 4.45. The Hall–Kier alpha value is -0.870. The molecule has 0 aliphatic heterocycles. The number of likely N-dealkylation sites (N-methyl/N-ethyl adjacent to an activating group) is 1. The molecule has 1 aromatic rings. The average molecular weight is 208 g/mol. The van der Waals surface area contributed by atoms with Crippen LogP contribution in [0, 0.1) is 0 Å². The average Bonchev–Trinajstić information content (AvgIpc) is 2.96. The third-order valence-corrected chi connectivity index (χ3v) is 3.13. The molecule has 0 amide bonds. The first-order valence-corrected chi connectivity index (χ1v) is 5.67. The van der Waals surface area contributed by atoms with Crippen LogP contribution in [0.15, 0.2) is 12.5 Å². The number of H-pyrrole nitrogens is 1. The lowest BCUT2D eigenvalue weighted by atomic mass is 10.3. The third kappa shape index (κ3) is 3.04. The first-order valence-electron chi connectivity index (χ1n) is 5.67. The van der Waals surface area contributed by atoms with E-state index in [-0.39, 0.29) is 0 Å². The lowest BCUT2D eigenvalue weighted by Crippen LogP contribution is -2.38. The molecule has 0 aromatic carbocycles. The summed E-state index contributed by atoms with van der Waals surface area (Å²) in [5.41, 5.74) is 1.15. The Bertz CT molecular complexity index is 279. The lowest BCUT2D eigenvalue weighted by Gasteiger charge is -2.24. The van der Waals surface area contributed by atoms with E-state index < -0.39 is 0 Å². The van der Waals surface area contributed by atoms with Gasteiger partial charge in [-0.2, -0.15) is 0 Å². The summed E-state index contributed by atoms with van der Waals surface area (Å²) in [4.78, 5) is 9.55. The molecule has 0 spiro atoms. The van der Waals surface area contributed by atoms with Gasteiger partial charge < -0.3 is 10.3 Å². The van der Waals surface area contributed by atoms with Crippen molar-refractivity contribution in [1.29, 1.82) is 0 Å². The van der Waals surface area contributed by atoms with Crippen LogP contribution in [0.25, 0.3) is 0 Å². The molecule has 2 N–H and O–H groups in total. The zero-order valence-electron chi connectivity index (χ0n) is 9.53. The lowest BCUT2D eigenvalue weighted by molar-refractivity contribution is 0.241. The topological polar surface area (TPSA) is 44.0 Å². The molecule has 4 heteroatoms. The number of imidazole rings is 1. The van der Waals surface area contributed by atoms with Crippen LogP contribution in [0.1, 0.15) is 25.5 Å². The Kier molecular flexibility index (Phi) is 3.38. The number of hydrogen-bond donors (Lipinski definition) is 2. The molecule has 1 aliphatic rings. The fourth-order valence-electron chi connectivity index (χ4n) is 1.78. The van der Waals surface area contributed by atoms with Crippen molar-refractivity contribution < 1.29 is 0 Å². The minimum atomic E-state index is 0.612. The van der Waals surface area contributed by atoms with E-state index in [1.54, 1.807) is 6.33 Å². The molecule has 84 valence electrons. The van der Waals surface area contributed by atoms with Crippen molar-refractivity contribution in [3.63, 3.8) is 0 Å². The van der Waals surface area contributed by atoms with Gasteiger partial charge in [-0.15, -0.1) is 0 Å². The fourth-order valence-corrected chi connectivity index (χ4v) is 1.78. The first-order chi connectivity index (χ1) is 7.27. The molecule has 1 aliphatic carbocycles. The van der Waals surface area contributed by atoms with Crippen LogP contribution in [0.5, 0.6) is 0 Å². The van der Waals surface area contributed by atoms with Gasteiger partial charge in [0.1, 0.15) is 0 Å². The van der Waals surface area contributed by atoms with Crippen molar-refractivity contribution in [2.45, 2.75) is 38.4 Å². The summed E-state index contributed by atoms with van der Waals surface area (Å²) in [6, 6.07) is 1.45. The monoisotopic (exact) mass is 208 g/mol. The zero-order chi connectivity index (χ0) is 10.7. The summed E-state index contributed by atoms with van der Waals surface area (Å²) in [6.45, 7) is 4.19. The molecule has 0 radical (unpaired) electrons. The quantitative estimate of drug-likeness (QED) is 0.732. The van der Waals surface area contributed by atoms with Crippen LogP contribution < -0.4 is 5.32 Å². The molecule has 0 bridgehead atoms. The summed E-state index contributed by atoms with van der Waals surface area (Å²) < 4.78 is 0. The maximum Gasteiger partial charge on any atom is 0.0922 e. The van der Waals surface area contributed by atoms with Crippen molar-refractivity contribution in [2.75, 3.05) is 13.6 Å². The summed E-state index contributed by atoms with van der Waals surface area (Å²) in [5, 5.41) is 3.44. The van der Waals surface area contributed by atoms with Crippen molar-refractivity contribution >= 4 is 0 Å². The van der Waals surface area contributed by atoms with Gasteiger partial charge in [-0.3, -0.25) is 4.90 Å². The van der Waals surface area contributed by atoms with Crippen LogP contribution in [0.2, 0.25) is 0 Å². The summed E-state index contributed by atoms with van der Waals surface area (Å²) in [6.07, 6.45) is 6.34. The third-order valence-electron chi connectivity index (χ3n) is 3.13. The number of aromatic nitrogens is 2. The fraction of sp³-hybridized carbons (Fsp3) is 0.727. The standard InChI is InChI=1S/C11H20N4/c1-9(15(2)11-3-4-11)5-12-6-10-7-13-8-14-10/h7-9,11-12H,3-6H2,1-2H3,(H,13,14). The van der Waals surface area contributed by atoms with Gasteiger partial charge in [0, 0.05) is 37.1 Å². The van der Waals surface area contributed by atoms with Crippen LogP contribution in [-0.2, 0) is 6.54 Å². The van der Waals surface area contributed by atoms with E-state index in [4.69, 9.17) is 0 Å². The molecule has 1 saturated carbocycles. The van der Waals surface area contributed by atoms with Gasteiger partial charge in [-0.05, 0) is 26.8 Å². The predicted molar refractivity (Wildman–Crippen MR) is 60.5 cm³/mol. The molecule has 0 saturated heterocycles. The Morgan fingerprint density at radius 3 is 3.07 bits per heavy atom. The summed E-state index contributed by atoms with van der Waals surface area (Å²) in [7, 11) is 2.22. The molecule has 1 fully saturated rings. The van der Waals surface area contributed by atoms with E-state index in [0.29, 0.717) is 6.04 Å². The van der Waals surface area contributed by atoms with E-state index in [1.165, 1.54) is 12.8 Å². The maximum absolute atomic E-state index is 3.99. The number of rotatable bonds is 6. The second-order valence-corrected chi connectivity index (χ2v) is 4.45. The van der Waals surface area contributed by atoms with Gasteiger partial charge >= 0.3 is 0 Å². The number of nitrogens with one attached hydrogen (secondary N) is 2. The molecule has 1 aromatic heterocycles. The van der Waals surface area contributed by atoms with Crippen LogP contribution >= 0.6 is 0 Å². The highest BCUT2D eigenvalue weighted by atomic mass is 15.2. The van der Waals surface area contributed by atoms with Gasteiger partial charge in [0.05, 0.1) is 6.33 Å². The van der Waals surface area contributed by atoms with Gasteiger partial charge in [0.15, 0.2) is 0 Å². The molecule has 2 rings (SSSR count). The molecular weight excluding hydrogens is 188 g/mol. The number of aromatic amines is 1. The number of nitrogens with zero attached hydrogens (tertiary/aromatic N) is 2. The van der Waals surface area contributed by atoms with Gasteiger partial charge in [-0.25, -0.2) is 4.98 Å². The van der Waals surface area contributed by atoms with Crippen molar-refractivity contribution in [1.82, 2.24) is 20.2 Å². The van der Waals surface area contributed by atoms with Crippen LogP contribution in [-0.4, -0.2) is 40.5 Å². The SMILES string of the molecule is CC(CNCc1cnc[nH]1)N(C)C1CC1. The van der Waals surface area contributed by atoms with Crippen LogP contribution in [0.3, 0.4) is 0 Å². The largest absolute Gasteiger partial charge is 0.347 e. The highest BCUT2D eigenvalue weighted by Crippen LogP contribution is 2.26. The van der Waals surface area contributed by atoms with Gasteiger partial charge in [0.2, 0.25) is 0 Å². The summed E-state index contributed by atoms with van der Waals surface area (Å²) in [5.74, 6) is 0. The molecule has 15 heavy (non-hydrogen) atoms. The predicted octanol–water partition coefficient (Wildman–Crippen LogP) is 0.982. The molecular formula is C11H20N4. The summed E-state index contributed by atoms with van der Waals surface area (Å²) >= 11 is 0. The normalized spacial score (nSPS) is 18.3. The Morgan fingerprint density at radius 2 is 2.47 bits per heavy atom. The van der Waals surface area contributed by atoms with E-state index in [1.807, 2.05) is 6.20 Å². The maximum atomic E-state index is 3.99. The Labute approximate surface area is 91.1 Å². The Balaban J connectivity index is 1.64. The minimum Gasteiger partial charge on any atom is -0.347 e. The number of hydrogen-bond acceptors (Lipinski definition) is 3. The zero-order valence-corrected chi connectivity index (χ0v) is 9.53. The minimum absolute atomic E-state index is 0.612.